The second kappa shape index (κ2) is 11.1. The van der Waals surface area contributed by atoms with Gasteiger partial charge in [0.25, 0.3) is 0 Å². The van der Waals surface area contributed by atoms with Crippen LogP contribution >= 0.6 is 0 Å². The number of aliphatic hydroxyl groups is 1. The first-order valence-corrected chi connectivity index (χ1v) is 16.3. The van der Waals surface area contributed by atoms with Crippen molar-refractivity contribution in [3.63, 3.8) is 0 Å². The average molecular weight is 593 g/mol. The zero-order valence-corrected chi connectivity index (χ0v) is 26.1. The second-order valence-electron chi connectivity index (χ2n) is 13.9. The summed E-state index contributed by atoms with van der Waals surface area (Å²) in [7, 11) is 0. The van der Waals surface area contributed by atoms with E-state index in [9.17, 15) is 15.0 Å². The largest absolute Gasteiger partial charge is 0.504 e. The quantitative estimate of drug-likeness (QED) is 0.330. The summed E-state index contributed by atoms with van der Waals surface area (Å²) in [5, 5.41) is 24.0. The molecule has 6 heteroatoms. The van der Waals surface area contributed by atoms with Gasteiger partial charge in [-0.1, -0.05) is 80.1 Å². The van der Waals surface area contributed by atoms with Crippen LogP contribution < -0.4 is 4.74 Å². The fourth-order valence-corrected chi connectivity index (χ4v) is 8.93. The lowest BCUT2D eigenvalue weighted by Gasteiger charge is -2.65. The number of rotatable bonds is 8. The van der Waals surface area contributed by atoms with Crippen molar-refractivity contribution < 1.29 is 19.7 Å². The van der Waals surface area contributed by atoms with Crippen LogP contribution in [0.25, 0.3) is 6.08 Å². The normalized spacial score (nSPS) is 28.6. The maximum Gasteiger partial charge on any atom is 0.246 e. The van der Waals surface area contributed by atoms with Gasteiger partial charge >= 0.3 is 0 Å². The summed E-state index contributed by atoms with van der Waals surface area (Å²) in [5.41, 5.74) is 3.90. The maximum absolute atomic E-state index is 14.0. The van der Waals surface area contributed by atoms with Gasteiger partial charge in [0, 0.05) is 30.8 Å². The first kappa shape index (κ1) is 29.1. The molecule has 1 amide bonds. The predicted octanol–water partition coefficient (Wildman–Crippen LogP) is 5.66. The van der Waals surface area contributed by atoms with Gasteiger partial charge in [-0.25, -0.2) is 0 Å². The minimum Gasteiger partial charge on any atom is -0.504 e. The summed E-state index contributed by atoms with van der Waals surface area (Å²) < 4.78 is 6.80. The summed E-state index contributed by atoms with van der Waals surface area (Å²) in [6.07, 6.45) is 6.77. The average Bonchev–Trinajstić information content (AvgIpc) is 3.36. The van der Waals surface area contributed by atoms with E-state index in [0.717, 1.165) is 54.6 Å². The summed E-state index contributed by atoms with van der Waals surface area (Å²) in [5.74, 6) is 0.862. The monoisotopic (exact) mass is 592 g/mol. The third-order valence-corrected chi connectivity index (χ3v) is 10.8. The van der Waals surface area contributed by atoms with Crippen molar-refractivity contribution in [1.29, 1.82) is 0 Å². The third-order valence-electron chi connectivity index (χ3n) is 10.8. The van der Waals surface area contributed by atoms with Crippen LogP contribution in [0.2, 0.25) is 0 Å². The number of piperidine rings is 1. The summed E-state index contributed by atoms with van der Waals surface area (Å²) in [6, 6.07) is 22.2. The number of likely N-dealkylation sites (tertiary alicyclic amines) is 1. The van der Waals surface area contributed by atoms with Crippen LogP contribution in [0, 0.1) is 12.8 Å². The Morgan fingerprint density at radius 1 is 1.11 bits per heavy atom. The van der Waals surface area contributed by atoms with Gasteiger partial charge in [0.05, 0.1) is 17.1 Å². The Bertz CT molecular complexity index is 1580. The number of aromatic hydroxyl groups is 1. The highest BCUT2D eigenvalue weighted by atomic mass is 16.5. The SMILES string of the molecule is Cc1cccc(C=CC(=O)N(CC(C)C)C2CC[C@@]3(O)[C@H]4Cc5ccc(O)c6c5[C@@]3(CCN4CCc3ccccc3)C2O6)c1. The summed E-state index contributed by atoms with van der Waals surface area (Å²) in [6.45, 7) is 8.64. The van der Waals surface area contributed by atoms with Crippen molar-refractivity contribution in [3.8, 4) is 11.5 Å². The minimum absolute atomic E-state index is 0.0382. The maximum atomic E-state index is 14.0. The van der Waals surface area contributed by atoms with E-state index in [1.165, 1.54) is 5.56 Å². The number of aryl methyl sites for hydroxylation is 1. The molecule has 7 rings (SSSR count). The molecule has 5 atom stereocenters. The molecular formula is C38H44N2O4. The zero-order valence-electron chi connectivity index (χ0n) is 26.1. The second-order valence-corrected chi connectivity index (χ2v) is 13.9. The number of nitrogens with zero attached hydrogens (tertiary/aromatic N) is 2. The van der Waals surface area contributed by atoms with Crippen molar-refractivity contribution in [1.82, 2.24) is 9.80 Å². The molecule has 0 radical (unpaired) electrons. The molecule has 2 bridgehead atoms. The van der Waals surface area contributed by atoms with Crippen molar-refractivity contribution >= 4 is 12.0 Å². The van der Waals surface area contributed by atoms with Crippen molar-refractivity contribution in [2.45, 2.75) is 82.1 Å². The molecule has 44 heavy (non-hydrogen) atoms. The number of hydrogen-bond acceptors (Lipinski definition) is 5. The molecule has 3 aromatic carbocycles. The molecule has 1 spiro atoms. The Labute approximate surface area is 261 Å². The van der Waals surface area contributed by atoms with Crippen LogP contribution in [-0.2, 0) is 23.1 Å². The first-order chi connectivity index (χ1) is 21.2. The van der Waals surface area contributed by atoms with E-state index < -0.39 is 17.1 Å². The lowest BCUT2D eigenvalue weighted by molar-refractivity contribution is -0.201. The van der Waals surface area contributed by atoms with Gasteiger partial charge in [-0.3, -0.25) is 9.69 Å². The number of carbonyl (C=O) groups excluding carboxylic acids is 1. The van der Waals surface area contributed by atoms with Crippen LogP contribution in [0.1, 0.15) is 60.9 Å². The molecule has 3 aromatic rings. The zero-order chi connectivity index (χ0) is 30.6. The Morgan fingerprint density at radius 2 is 1.93 bits per heavy atom. The fraction of sp³-hybridized carbons (Fsp3) is 0.447. The van der Waals surface area contributed by atoms with E-state index in [4.69, 9.17) is 4.74 Å². The van der Waals surface area contributed by atoms with Crippen LogP contribution in [0.5, 0.6) is 11.5 Å². The number of ether oxygens (including phenoxy) is 1. The molecular weight excluding hydrogens is 548 g/mol. The Hall–Kier alpha value is -3.61. The van der Waals surface area contributed by atoms with E-state index in [0.29, 0.717) is 25.1 Å². The lowest BCUT2D eigenvalue weighted by atomic mass is 9.48. The van der Waals surface area contributed by atoms with E-state index in [1.807, 2.05) is 35.2 Å². The third kappa shape index (κ3) is 4.57. The topological polar surface area (TPSA) is 73.2 Å². The van der Waals surface area contributed by atoms with Gasteiger partial charge in [-0.05, 0) is 80.3 Å². The van der Waals surface area contributed by atoms with Crippen molar-refractivity contribution in [2.75, 3.05) is 19.6 Å². The Balaban J connectivity index is 1.25. The highest BCUT2D eigenvalue weighted by molar-refractivity contribution is 5.92. The molecule has 2 heterocycles. The van der Waals surface area contributed by atoms with Crippen LogP contribution in [-0.4, -0.2) is 69.3 Å². The molecule has 0 aromatic heterocycles. The van der Waals surface area contributed by atoms with Gasteiger partial charge in [0.15, 0.2) is 11.5 Å². The van der Waals surface area contributed by atoms with Crippen molar-refractivity contribution in [3.05, 3.63) is 101 Å². The molecule has 4 aliphatic rings. The molecule has 230 valence electrons. The molecule has 6 nitrogen and oxygen atoms in total. The Kier molecular flexibility index (Phi) is 7.33. The number of amides is 1. The fourth-order valence-electron chi connectivity index (χ4n) is 8.93. The van der Waals surface area contributed by atoms with E-state index in [1.54, 1.807) is 12.1 Å². The van der Waals surface area contributed by atoms with E-state index in [2.05, 4.69) is 62.1 Å². The molecule has 2 unspecified atom stereocenters. The summed E-state index contributed by atoms with van der Waals surface area (Å²) in [4.78, 5) is 18.5. The highest BCUT2D eigenvalue weighted by Gasteiger charge is 2.73. The van der Waals surface area contributed by atoms with Crippen LogP contribution in [0.3, 0.4) is 0 Å². The molecule has 2 N–H and O–H groups in total. The smallest absolute Gasteiger partial charge is 0.246 e. The minimum atomic E-state index is -1.01. The van der Waals surface area contributed by atoms with E-state index >= 15 is 0 Å². The number of phenolic OH excluding ortho intramolecular Hbond substituents is 1. The molecule has 1 saturated heterocycles. The summed E-state index contributed by atoms with van der Waals surface area (Å²) >= 11 is 0. The lowest BCUT2D eigenvalue weighted by Crippen LogP contribution is -2.78. The molecule has 2 fully saturated rings. The van der Waals surface area contributed by atoms with Gasteiger partial charge in [-0.2, -0.15) is 0 Å². The van der Waals surface area contributed by atoms with Crippen molar-refractivity contribution in [2.24, 2.45) is 5.92 Å². The van der Waals surface area contributed by atoms with Gasteiger partial charge in [0.2, 0.25) is 5.91 Å². The van der Waals surface area contributed by atoms with Gasteiger partial charge < -0.3 is 19.8 Å². The molecule has 2 aliphatic carbocycles. The first-order valence-electron chi connectivity index (χ1n) is 16.3. The van der Waals surface area contributed by atoms with Crippen LogP contribution in [0.15, 0.2) is 72.8 Å². The van der Waals surface area contributed by atoms with Crippen LogP contribution in [0.4, 0.5) is 0 Å². The number of benzene rings is 3. The number of phenols is 1. The van der Waals surface area contributed by atoms with Gasteiger partial charge in [0.1, 0.15) is 6.10 Å². The standard InChI is InChI=1S/C38H44N2O4/c1-25(2)24-40(33(42)15-12-28-11-7-8-26(3)22-28)30-16-18-38(43)32-23-29-13-14-31(41)35-34(29)37(38,36(30)44-35)19-21-39(32)20-17-27-9-5-4-6-10-27/h4-15,22,25,30,32,36,41,43H,16-21,23-24H2,1-3H3/t30?,32-,36?,37+,38-/m1/s1. The van der Waals surface area contributed by atoms with E-state index in [-0.39, 0.29) is 29.7 Å². The van der Waals surface area contributed by atoms with Gasteiger partial charge in [-0.15, -0.1) is 0 Å². The number of carbonyl (C=O) groups is 1. The number of hydrogen-bond donors (Lipinski definition) is 2. The predicted molar refractivity (Wildman–Crippen MR) is 173 cm³/mol. The highest BCUT2D eigenvalue weighted by Crippen LogP contribution is 2.65. The Morgan fingerprint density at radius 3 is 2.70 bits per heavy atom. The molecule has 2 aliphatic heterocycles. The molecule has 1 saturated carbocycles.